The fraction of sp³-hybridized carbons (Fsp3) is 1.00. The van der Waals surface area contributed by atoms with Crippen LogP contribution >= 0.6 is 11.6 Å². The van der Waals surface area contributed by atoms with Crippen LogP contribution in [0.4, 0.5) is 0 Å². The van der Waals surface area contributed by atoms with Gasteiger partial charge in [-0.2, -0.15) is 0 Å². The smallest absolute Gasteiger partial charge is 0.0224 e. The Hall–Kier alpha value is 0.250. The van der Waals surface area contributed by atoms with Crippen molar-refractivity contribution in [1.29, 1.82) is 0 Å². The van der Waals surface area contributed by atoms with Crippen molar-refractivity contribution in [1.82, 2.24) is 5.32 Å². The lowest BCUT2D eigenvalue weighted by molar-refractivity contribution is 0.487. The Kier molecular flexibility index (Phi) is 13.5. The summed E-state index contributed by atoms with van der Waals surface area (Å²) < 4.78 is 0. The molecule has 16 heavy (non-hydrogen) atoms. The van der Waals surface area contributed by atoms with E-state index in [0.717, 1.165) is 12.3 Å². The van der Waals surface area contributed by atoms with Gasteiger partial charge in [-0.25, -0.2) is 0 Å². The SMILES string of the molecule is CCCCCCCCCNC(C)CCCCl. The number of alkyl halides is 1. The van der Waals surface area contributed by atoms with Crippen LogP contribution in [0.25, 0.3) is 0 Å². The van der Waals surface area contributed by atoms with Gasteiger partial charge in [0.15, 0.2) is 0 Å². The molecular weight excluding hydrogens is 218 g/mol. The van der Waals surface area contributed by atoms with Crippen molar-refractivity contribution in [2.45, 2.75) is 77.7 Å². The molecule has 0 heterocycles. The fourth-order valence-electron chi connectivity index (χ4n) is 1.92. The summed E-state index contributed by atoms with van der Waals surface area (Å²) in [5, 5.41) is 3.56. The molecule has 0 bridgehead atoms. The molecule has 1 nitrogen and oxygen atoms in total. The second-order valence-corrected chi connectivity index (χ2v) is 5.19. The highest BCUT2D eigenvalue weighted by atomic mass is 35.5. The summed E-state index contributed by atoms with van der Waals surface area (Å²) in [6.45, 7) is 5.71. The molecule has 0 aliphatic heterocycles. The van der Waals surface area contributed by atoms with E-state index in [-0.39, 0.29) is 0 Å². The van der Waals surface area contributed by atoms with Crippen molar-refractivity contribution in [2.75, 3.05) is 12.4 Å². The molecular formula is C14H30ClN. The van der Waals surface area contributed by atoms with Gasteiger partial charge in [-0.1, -0.05) is 45.4 Å². The van der Waals surface area contributed by atoms with Crippen LogP contribution in [0.3, 0.4) is 0 Å². The molecule has 0 aliphatic rings. The number of unbranched alkanes of at least 4 members (excludes halogenated alkanes) is 6. The Bertz CT molecular complexity index is 128. The minimum absolute atomic E-state index is 0.638. The van der Waals surface area contributed by atoms with E-state index >= 15 is 0 Å². The van der Waals surface area contributed by atoms with Gasteiger partial charge in [-0.3, -0.25) is 0 Å². The lowest BCUT2D eigenvalue weighted by Crippen LogP contribution is -2.26. The molecule has 0 aromatic heterocycles. The van der Waals surface area contributed by atoms with E-state index in [2.05, 4.69) is 19.2 Å². The summed E-state index contributed by atoms with van der Waals surface area (Å²) in [5.41, 5.74) is 0. The molecule has 1 unspecified atom stereocenters. The molecule has 0 aliphatic carbocycles. The second kappa shape index (κ2) is 13.3. The number of nitrogens with one attached hydrogen (secondary N) is 1. The predicted molar refractivity (Wildman–Crippen MR) is 75.4 cm³/mol. The van der Waals surface area contributed by atoms with Crippen molar-refractivity contribution in [2.24, 2.45) is 0 Å². The Balaban J connectivity index is 3.02. The zero-order chi connectivity index (χ0) is 12.1. The molecule has 0 aromatic rings. The molecule has 0 saturated heterocycles. The van der Waals surface area contributed by atoms with Crippen molar-refractivity contribution in [3.63, 3.8) is 0 Å². The van der Waals surface area contributed by atoms with Gasteiger partial charge in [0, 0.05) is 11.9 Å². The third-order valence-corrected chi connectivity index (χ3v) is 3.31. The average Bonchev–Trinajstić information content (AvgIpc) is 2.30. The molecule has 0 amide bonds. The quantitative estimate of drug-likeness (QED) is 0.388. The van der Waals surface area contributed by atoms with Gasteiger partial charge in [0.25, 0.3) is 0 Å². The van der Waals surface area contributed by atoms with Crippen molar-refractivity contribution < 1.29 is 0 Å². The van der Waals surface area contributed by atoms with E-state index in [4.69, 9.17) is 11.6 Å². The zero-order valence-corrected chi connectivity index (χ0v) is 12.0. The zero-order valence-electron chi connectivity index (χ0n) is 11.2. The summed E-state index contributed by atoms with van der Waals surface area (Å²) >= 11 is 5.66. The Morgan fingerprint density at radius 3 is 2.19 bits per heavy atom. The van der Waals surface area contributed by atoms with E-state index in [9.17, 15) is 0 Å². The maximum absolute atomic E-state index is 5.66. The Morgan fingerprint density at radius 1 is 0.938 bits per heavy atom. The lowest BCUT2D eigenvalue weighted by Gasteiger charge is -2.12. The first-order chi connectivity index (χ1) is 7.81. The van der Waals surface area contributed by atoms with Gasteiger partial charge in [0.1, 0.15) is 0 Å². The molecule has 0 rings (SSSR count). The van der Waals surface area contributed by atoms with E-state index in [0.29, 0.717) is 6.04 Å². The fourth-order valence-corrected chi connectivity index (χ4v) is 2.07. The normalized spacial score (nSPS) is 12.9. The highest BCUT2D eigenvalue weighted by Crippen LogP contribution is 2.06. The van der Waals surface area contributed by atoms with Gasteiger partial charge in [0.2, 0.25) is 0 Å². The van der Waals surface area contributed by atoms with Crippen LogP contribution in [-0.2, 0) is 0 Å². The number of halogens is 1. The maximum Gasteiger partial charge on any atom is 0.0224 e. The first-order valence-corrected chi connectivity index (χ1v) is 7.64. The first-order valence-electron chi connectivity index (χ1n) is 7.10. The van der Waals surface area contributed by atoms with Crippen LogP contribution in [0, 0.1) is 0 Å². The van der Waals surface area contributed by atoms with Crippen LogP contribution in [-0.4, -0.2) is 18.5 Å². The molecule has 98 valence electrons. The van der Waals surface area contributed by atoms with E-state index < -0.39 is 0 Å². The minimum atomic E-state index is 0.638. The molecule has 1 atom stereocenters. The number of rotatable bonds is 12. The molecule has 0 radical (unpaired) electrons. The Morgan fingerprint density at radius 2 is 1.56 bits per heavy atom. The van der Waals surface area contributed by atoms with Crippen LogP contribution in [0.5, 0.6) is 0 Å². The summed E-state index contributed by atoms with van der Waals surface area (Å²) in [6, 6.07) is 0.638. The highest BCUT2D eigenvalue weighted by molar-refractivity contribution is 6.17. The van der Waals surface area contributed by atoms with Crippen molar-refractivity contribution in [3.05, 3.63) is 0 Å². The van der Waals surface area contributed by atoms with Gasteiger partial charge in [-0.15, -0.1) is 11.6 Å². The van der Waals surface area contributed by atoms with E-state index in [1.54, 1.807) is 0 Å². The maximum atomic E-state index is 5.66. The molecule has 0 aromatic carbocycles. The van der Waals surface area contributed by atoms with Crippen LogP contribution in [0.2, 0.25) is 0 Å². The predicted octanol–water partition coefficient (Wildman–Crippen LogP) is 4.73. The largest absolute Gasteiger partial charge is 0.314 e. The van der Waals surface area contributed by atoms with Gasteiger partial charge >= 0.3 is 0 Å². The van der Waals surface area contributed by atoms with Crippen LogP contribution in [0.15, 0.2) is 0 Å². The molecule has 0 saturated carbocycles. The summed E-state index contributed by atoms with van der Waals surface area (Å²) in [4.78, 5) is 0. The highest BCUT2D eigenvalue weighted by Gasteiger charge is 1.99. The van der Waals surface area contributed by atoms with Gasteiger partial charge in [-0.05, 0) is 32.7 Å². The summed E-state index contributed by atoms with van der Waals surface area (Å²) in [6.07, 6.45) is 12.1. The third-order valence-electron chi connectivity index (χ3n) is 3.04. The van der Waals surface area contributed by atoms with Gasteiger partial charge in [0.05, 0.1) is 0 Å². The van der Waals surface area contributed by atoms with Crippen LogP contribution < -0.4 is 5.32 Å². The molecule has 2 heteroatoms. The van der Waals surface area contributed by atoms with Crippen LogP contribution in [0.1, 0.15) is 71.6 Å². The Labute approximate surface area is 107 Å². The van der Waals surface area contributed by atoms with E-state index in [1.807, 2.05) is 0 Å². The van der Waals surface area contributed by atoms with Crippen molar-refractivity contribution in [3.8, 4) is 0 Å². The molecule has 0 fully saturated rings. The lowest BCUT2D eigenvalue weighted by atomic mass is 10.1. The molecule has 0 spiro atoms. The average molecular weight is 248 g/mol. The topological polar surface area (TPSA) is 12.0 Å². The van der Waals surface area contributed by atoms with E-state index in [1.165, 1.54) is 57.9 Å². The monoisotopic (exact) mass is 247 g/mol. The first kappa shape index (κ1) is 16.2. The second-order valence-electron chi connectivity index (χ2n) is 4.81. The third kappa shape index (κ3) is 12.3. The minimum Gasteiger partial charge on any atom is -0.314 e. The number of hydrogen-bond acceptors (Lipinski definition) is 1. The van der Waals surface area contributed by atoms with Gasteiger partial charge < -0.3 is 5.32 Å². The molecule has 1 N–H and O–H groups in total. The summed E-state index contributed by atoms with van der Waals surface area (Å²) in [7, 11) is 0. The summed E-state index contributed by atoms with van der Waals surface area (Å²) in [5.74, 6) is 0.795. The van der Waals surface area contributed by atoms with Crippen molar-refractivity contribution >= 4 is 11.6 Å². The standard InChI is InChI=1S/C14H30ClN/c1-3-4-5-6-7-8-9-13-16-14(2)11-10-12-15/h14,16H,3-13H2,1-2H3. The number of hydrogen-bond donors (Lipinski definition) is 1.